The molecule has 1 unspecified atom stereocenters. The minimum atomic E-state index is -3.60. The molecule has 1 atom stereocenters. The molecule has 0 heterocycles. The van der Waals surface area contributed by atoms with Crippen LogP contribution in [0.3, 0.4) is 0 Å². The van der Waals surface area contributed by atoms with Crippen molar-refractivity contribution in [1.29, 1.82) is 0 Å². The maximum Gasteiger partial charge on any atom is 0.242 e. The van der Waals surface area contributed by atoms with E-state index in [1.54, 1.807) is 56.3 Å². The number of hydrogen-bond acceptors (Lipinski definition) is 5. The summed E-state index contributed by atoms with van der Waals surface area (Å²) < 4.78 is 31.5. The first-order valence-electron chi connectivity index (χ1n) is 11.4. The van der Waals surface area contributed by atoms with Crippen LogP contribution in [0.5, 0.6) is 5.75 Å². The number of methoxy groups -OCH3 is 1. The fourth-order valence-electron chi connectivity index (χ4n) is 3.85. The molecule has 0 aliphatic carbocycles. The largest absolute Gasteiger partial charge is 0.497 e. The second-order valence-corrected chi connectivity index (χ2v) is 10.6. The number of likely N-dealkylation sites (N-methyl/N-ethyl adjacent to an activating group) is 1. The van der Waals surface area contributed by atoms with Gasteiger partial charge in [0.25, 0.3) is 0 Å². The van der Waals surface area contributed by atoms with Gasteiger partial charge in [0.2, 0.25) is 21.8 Å². The molecule has 8 nitrogen and oxygen atoms in total. The Balaban J connectivity index is 2.22. The molecule has 0 spiro atoms. The smallest absolute Gasteiger partial charge is 0.242 e. The van der Waals surface area contributed by atoms with Gasteiger partial charge < -0.3 is 15.0 Å². The van der Waals surface area contributed by atoms with Crippen molar-refractivity contribution in [2.45, 2.75) is 45.7 Å². The highest BCUT2D eigenvalue weighted by molar-refractivity contribution is 7.92. The maximum absolute atomic E-state index is 13.3. The Morgan fingerprint density at radius 1 is 1.14 bits per heavy atom. The Labute approximate surface area is 213 Å². The lowest BCUT2D eigenvalue weighted by Gasteiger charge is -2.31. The number of ether oxygens (including phenoxy) is 1. The Kier molecular flexibility index (Phi) is 10.4. The molecule has 2 aromatic rings. The summed E-state index contributed by atoms with van der Waals surface area (Å²) in [6.45, 7) is 4.01. The predicted molar refractivity (Wildman–Crippen MR) is 139 cm³/mol. The zero-order valence-corrected chi connectivity index (χ0v) is 22.4. The molecular weight excluding hydrogens is 490 g/mol. The first-order valence-corrected chi connectivity index (χ1v) is 13.6. The lowest BCUT2D eigenvalue weighted by atomic mass is 10.1. The molecule has 0 bridgehead atoms. The van der Waals surface area contributed by atoms with Gasteiger partial charge in [0.15, 0.2) is 0 Å². The molecule has 10 heteroatoms. The van der Waals surface area contributed by atoms with Gasteiger partial charge in [-0.25, -0.2) is 8.42 Å². The number of nitrogens with zero attached hydrogens (tertiary/aromatic N) is 2. The molecular formula is C25H34ClN3O5S. The van der Waals surface area contributed by atoms with Crippen molar-refractivity contribution in [3.05, 3.63) is 58.6 Å². The Morgan fingerprint density at radius 2 is 1.80 bits per heavy atom. The third-order valence-electron chi connectivity index (χ3n) is 5.74. The van der Waals surface area contributed by atoms with E-state index in [0.29, 0.717) is 22.9 Å². The standard InChI is InChI=1S/C25H34ClN3O5S/c1-6-22(25(31)27-3)28(17-19-10-13-21(34-4)14-11-19)24(30)8-7-15-29(35(5,32)33)23-16-20(26)12-9-18(23)2/h9-14,16,22H,6-8,15,17H2,1-5H3,(H,27,31). The second-order valence-electron chi connectivity index (χ2n) is 8.28. The van der Waals surface area contributed by atoms with E-state index >= 15 is 0 Å². The molecule has 35 heavy (non-hydrogen) atoms. The third-order valence-corrected chi connectivity index (χ3v) is 7.15. The third kappa shape index (κ3) is 7.86. The zero-order chi connectivity index (χ0) is 26.2. The van der Waals surface area contributed by atoms with Crippen LogP contribution in [0.25, 0.3) is 0 Å². The van der Waals surface area contributed by atoms with E-state index in [9.17, 15) is 18.0 Å². The van der Waals surface area contributed by atoms with Gasteiger partial charge in [-0.15, -0.1) is 0 Å². The SMILES string of the molecule is CCC(C(=O)NC)N(Cc1ccc(OC)cc1)C(=O)CCCN(c1cc(Cl)ccc1C)S(C)(=O)=O. The quantitative estimate of drug-likeness (QED) is 0.457. The van der Waals surface area contributed by atoms with Crippen molar-refractivity contribution in [1.82, 2.24) is 10.2 Å². The fourth-order valence-corrected chi connectivity index (χ4v) is 5.03. The first kappa shape index (κ1) is 28.5. The molecule has 0 aliphatic rings. The number of amides is 2. The highest BCUT2D eigenvalue weighted by atomic mass is 35.5. The van der Waals surface area contributed by atoms with Crippen molar-refractivity contribution in [2.24, 2.45) is 0 Å². The number of anilines is 1. The van der Waals surface area contributed by atoms with Crippen LogP contribution in [0.15, 0.2) is 42.5 Å². The van der Waals surface area contributed by atoms with Crippen LogP contribution in [0.1, 0.15) is 37.3 Å². The van der Waals surface area contributed by atoms with Gasteiger partial charge in [-0.05, 0) is 55.2 Å². The highest BCUT2D eigenvalue weighted by Crippen LogP contribution is 2.27. The van der Waals surface area contributed by atoms with Gasteiger partial charge in [-0.3, -0.25) is 13.9 Å². The zero-order valence-electron chi connectivity index (χ0n) is 20.9. The predicted octanol–water partition coefficient (Wildman–Crippen LogP) is 3.76. The van der Waals surface area contributed by atoms with Crippen molar-refractivity contribution in [3.63, 3.8) is 0 Å². The van der Waals surface area contributed by atoms with Crippen LogP contribution >= 0.6 is 11.6 Å². The summed E-state index contributed by atoms with van der Waals surface area (Å²) in [6, 6.07) is 11.7. The van der Waals surface area contributed by atoms with Crippen LogP contribution in [-0.2, 0) is 26.2 Å². The van der Waals surface area contributed by atoms with Gasteiger partial charge in [0, 0.05) is 31.6 Å². The number of halogens is 1. The summed E-state index contributed by atoms with van der Waals surface area (Å²) in [7, 11) is -0.478. The van der Waals surface area contributed by atoms with Crippen molar-refractivity contribution in [3.8, 4) is 5.75 Å². The second kappa shape index (κ2) is 12.8. The van der Waals surface area contributed by atoms with Gasteiger partial charge in [-0.2, -0.15) is 0 Å². The van der Waals surface area contributed by atoms with E-state index in [1.165, 1.54) is 4.31 Å². The molecule has 0 fully saturated rings. The van der Waals surface area contributed by atoms with E-state index in [2.05, 4.69) is 5.32 Å². The molecule has 0 aromatic heterocycles. The number of sulfonamides is 1. The van der Waals surface area contributed by atoms with E-state index in [-0.39, 0.29) is 37.7 Å². The van der Waals surface area contributed by atoms with E-state index < -0.39 is 16.1 Å². The summed E-state index contributed by atoms with van der Waals surface area (Å²) in [4.78, 5) is 27.4. The summed E-state index contributed by atoms with van der Waals surface area (Å²) >= 11 is 6.10. The molecule has 192 valence electrons. The molecule has 2 rings (SSSR count). The monoisotopic (exact) mass is 523 g/mol. The highest BCUT2D eigenvalue weighted by Gasteiger charge is 2.28. The molecule has 0 saturated heterocycles. The fraction of sp³-hybridized carbons (Fsp3) is 0.440. The average Bonchev–Trinajstić information content (AvgIpc) is 2.82. The molecule has 0 aliphatic heterocycles. The number of carbonyl (C=O) groups excluding carboxylic acids is 2. The lowest BCUT2D eigenvalue weighted by molar-refractivity contribution is -0.141. The van der Waals surface area contributed by atoms with Crippen LogP contribution in [0.4, 0.5) is 5.69 Å². The van der Waals surface area contributed by atoms with Crippen molar-refractivity contribution in [2.75, 3.05) is 31.3 Å². The summed E-state index contributed by atoms with van der Waals surface area (Å²) in [5, 5.41) is 3.06. The summed E-state index contributed by atoms with van der Waals surface area (Å²) in [5.74, 6) is 0.219. The minimum absolute atomic E-state index is 0.0787. The van der Waals surface area contributed by atoms with Crippen molar-refractivity contribution < 1.29 is 22.7 Å². The summed E-state index contributed by atoms with van der Waals surface area (Å²) in [5.41, 5.74) is 2.10. The van der Waals surface area contributed by atoms with Gasteiger partial charge in [0.1, 0.15) is 11.8 Å². The topological polar surface area (TPSA) is 96.0 Å². The van der Waals surface area contributed by atoms with Gasteiger partial charge >= 0.3 is 0 Å². The summed E-state index contributed by atoms with van der Waals surface area (Å²) in [6.07, 6.45) is 1.93. The molecule has 0 radical (unpaired) electrons. The normalized spacial score (nSPS) is 12.1. The average molecular weight is 524 g/mol. The van der Waals surface area contributed by atoms with E-state index in [1.807, 2.05) is 19.1 Å². The number of aryl methyl sites for hydroxylation is 1. The number of rotatable bonds is 12. The molecule has 2 aromatic carbocycles. The van der Waals surface area contributed by atoms with E-state index in [0.717, 1.165) is 17.4 Å². The van der Waals surface area contributed by atoms with Crippen LogP contribution in [-0.4, -0.2) is 58.1 Å². The minimum Gasteiger partial charge on any atom is -0.497 e. The molecule has 0 saturated carbocycles. The first-order chi connectivity index (χ1) is 16.5. The molecule has 1 N–H and O–H groups in total. The van der Waals surface area contributed by atoms with Gasteiger partial charge in [0.05, 0.1) is 19.1 Å². The van der Waals surface area contributed by atoms with Crippen LogP contribution in [0, 0.1) is 6.92 Å². The molecule has 2 amide bonds. The van der Waals surface area contributed by atoms with Gasteiger partial charge in [-0.1, -0.05) is 36.7 Å². The number of nitrogens with one attached hydrogen (secondary N) is 1. The number of benzene rings is 2. The Morgan fingerprint density at radius 3 is 2.34 bits per heavy atom. The number of hydrogen-bond donors (Lipinski definition) is 1. The Hall–Kier alpha value is -2.78. The lowest BCUT2D eigenvalue weighted by Crippen LogP contribution is -2.48. The van der Waals surface area contributed by atoms with E-state index in [4.69, 9.17) is 16.3 Å². The van der Waals surface area contributed by atoms with Crippen molar-refractivity contribution >= 4 is 39.1 Å². The number of carbonyl (C=O) groups is 2. The Bertz CT molecular complexity index is 1120. The maximum atomic E-state index is 13.3. The van der Waals surface area contributed by atoms with Crippen LogP contribution < -0.4 is 14.4 Å². The van der Waals surface area contributed by atoms with Crippen LogP contribution in [0.2, 0.25) is 5.02 Å².